The third-order valence-corrected chi connectivity index (χ3v) is 6.07. The van der Waals surface area contributed by atoms with E-state index in [4.69, 9.17) is 14.2 Å². The molecule has 1 spiro atoms. The standard InChI is InChI=1S/C19H19NO4/c20-11-18-4-1-5-19(23-6-7-24-19)15-10-22-16(17(15)18)9-12-8-13(21)2-3-14(12)18/h2-3,8,10,16-17,21H,1,4-7,9H2/t16-,17-,18-/m1/s1. The van der Waals surface area contributed by atoms with Crippen LogP contribution in [0.1, 0.15) is 30.4 Å². The van der Waals surface area contributed by atoms with E-state index in [1.165, 1.54) is 0 Å². The van der Waals surface area contributed by atoms with Gasteiger partial charge in [0.1, 0.15) is 11.9 Å². The van der Waals surface area contributed by atoms with Crippen molar-refractivity contribution in [1.82, 2.24) is 0 Å². The largest absolute Gasteiger partial charge is 0.508 e. The minimum Gasteiger partial charge on any atom is -0.508 e. The molecule has 3 atom stereocenters. The lowest BCUT2D eigenvalue weighted by Crippen LogP contribution is -2.48. The number of ether oxygens (including phenoxy) is 3. The molecule has 2 aliphatic heterocycles. The van der Waals surface area contributed by atoms with E-state index in [-0.39, 0.29) is 17.8 Å². The van der Waals surface area contributed by atoms with Gasteiger partial charge >= 0.3 is 0 Å². The second-order valence-corrected chi connectivity index (χ2v) is 7.16. The SMILES string of the molecule is N#C[C@]12CCCC3(OCCO3)C3=CO[C@H](Cc4cc(O)ccc41)[C@@H]32. The summed E-state index contributed by atoms with van der Waals surface area (Å²) in [6, 6.07) is 7.99. The number of nitrogens with zero attached hydrogens (tertiary/aromatic N) is 1. The summed E-state index contributed by atoms with van der Waals surface area (Å²) < 4.78 is 18.0. The molecule has 24 heavy (non-hydrogen) atoms. The maximum atomic E-state index is 10.2. The van der Waals surface area contributed by atoms with Crippen LogP contribution in [-0.2, 0) is 26.0 Å². The van der Waals surface area contributed by atoms with E-state index in [0.717, 1.165) is 36.0 Å². The van der Waals surface area contributed by atoms with Gasteiger partial charge in [-0.1, -0.05) is 6.07 Å². The van der Waals surface area contributed by atoms with Crippen LogP contribution >= 0.6 is 0 Å². The van der Waals surface area contributed by atoms with E-state index in [0.29, 0.717) is 19.6 Å². The van der Waals surface area contributed by atoms with Gasteiger partial charge in [0.25, 0.3) is 0 Å². The zero-order chi connectivity index (χ0) is 16.4. The van der Waals surface area contributed by atoms with Crippen molar-refractivity contribution < 1.29 is 19.3 Å². The first-order chi connectivity index (χ1) is 11.7. The molecular formula is C19H19NO4. The normalized spacial score (nSPS) is 35.4. The molecule has 1 saturated carbocycles. The number of phenolic OH excluding ortho intramolecular Hbond substituents is 1. The lowest BCUT2D eigenvalue weighted by molar-refractivity contribution is -0.134. The summed E-state index contributed by atoms with van der Waals surface area (Å²) in [5.41, 5.74) is 2.38. The topological polar surface area (TPSA) is 71.7 Å². The number of nitriles is 1. The Kier molecular flexibility index (Phi) is 2.83. The summed E-state index contributed by atoms with van der Waals surface area (Å²) in [6.07, 6.45) is 4.73. The molecule has 0 bridgehead atoms. The maximum absolute atomic E-state index is 10.2. The highest BCUT2D eigenvalue weighted by molar-refractivity contribution is 5.51. The van der Waals surface area contributed by atoms with Crippen LogP contribution in [0.25, 0.3) is 0 Å². The van der Waals surface area contributed by atoms with Crippen LogP contribution in [0, 0.1) is 17.2 Å². The van der Waals surface area contributed by atoms with Gasteiger partial charge in [-0.3, -0.25) is 0 Å². The van der Waals surface area contributed by atoms with E-state index < -0.39 is 11.2 Å². The highest BCUT2D eigenvalue weighted by Gasteiger charge is 2.61. The van der Waals surface area contributed by atoms with Gasteiger partial charge in [0.2, 0.25) is 0 Å². The third-order valence-electron chi connectivity index (χ3n) is 6.07. The molecule has 2 fully saturated rings. The first kappa shape index (κ1) is 14.3. The molecule has 5 heteroatoms. The first-order valence-corrected chi connectivity index (χ1v) is 8.56. The van der Waals surface area contributed by atoms with Gasteiger partial charge < -0.3 is 19.3 Å². The Morgan fingerprint density at radius 3 is 2.83 bits per heavy atom. The van der Waals surface area contributed by atoms with Gasteiger partial charge in [0.05, 0.1) is 31.0 Å². The summed E-state index contributed by atoms with van der Waals surface area (Å²) in [4.78, 5) is 0. The number of rotatable bonds is 0. The number of fused-ring (bicyclic) bond motifs is 3. The van der Waals surface area contributed by atoms with Crippen LogP contribution in [0.5, 0.6) is 5.75 Å². The van der Waals surface area contributed by atoms with E-state index >= 15 is 0 Å². The fourth-order valence-electron chi connectivity index (χ4n) is 5.14. The molecule has 0 aromatic heterocycles. The van der Waals surface area contributed by atoms with Crippen molar-refractivity contribution in [3.8, 4) is 11.8 Å². The predicted molar refractivity (Wildman–Crippen MR) is 84.0 cm³/mol. The molecule has 2 heterocycles. The first-order valence-electron chi connectivity index (χ1n) is 8.56. The van der Waals surface area contributed by atoms with Crippen LogP contribution < -0.4 is 0 Å². The molecular weight excluding hydrogens is 306 g/mol. The highest BCUT2D eigenvalue weighted by Crippen LogP contribution is 2.57. The quantitative estimate of drug-likeness (QED) is 0.793. The molecule has 1 N–H and O–H groups in total. The van der Waals surface area contributed by atoms with Crippen molar-refractivity contribution in [2.24, 2.45) is 5.92 Å². The lowest BCUT2D eigenvalue weighted by Gasteiger charge is -2.42. The molecule has 1 aromatic carbocycles. The van der Waals surface area contributed by atoms with Crippen LogP contribution in [0.15, 0.2) is 30.0 Å². The highest BCUT2D eigenvalue weighted by atomic mass is 16.7. The lowest BCUT2D eigenvalue weighted by atomic mass is 9.59. The van der Waals surface area contributed by atoms with Crippen molar-refractivity contribution >= 4 is 0 Å². The second kappa shape index (κ2) is 4.75. The van der Waals surface area contributed by atoms with Crippen molar-refractivity contribution in [2.45, 2.75) is 43.0 Å². The second-order valence-electron chi connectivity index (χ2n) is 7.16. The summed E-state index contributed by atoms with van der Waals surface area (Å²) in [5.74, 6) is -0.536. The van der Waals surface area contributed by atoms with Crippen molar-refractivity contribution in [3.05, 3.63) is 41.2 Å². The molecule has 4 aliphatic rings. The molecule has 1 saturated heterocycles. The number of benzene rings is 1. The third kappa shape index (κ3) is 1.65. The van der Waals surface area contributed by atoms with Crippen molar-refractivity contribution in [3.63, 3.8) is 0 Å². The van der Waals surface area contributed by atoms with Gasteiger partial charge in [-0.2, -0.15) is 5.26 Å². The van der Waals surface area contributed by atoms with E-state index in [9.17, 15) is 10.4 Å². The Hall–Kier alpha value is -2.03. The molecule has 0 unspecified atom stereocenters. The minimum atomic E-state index is -0.716. The molecule has 124 valence electrons. The summed E-state index contributed by atoms with van der Waals surface area (Å²) >= 11 is 0. The smallest absolute Gasteiger partial charge is 0.194 e. The summed E-state index contributed by atoms with van der Waals surface area (Å²) in [7, 11) is 0. The maximum Gasteiger partial charge on any atom is 0.194 e. The van der Waals surface area contributed by atoms with E-state index in [1.54, 1.807) is 18.4 Å². The number of aromatic hydroxyl groups is 1. The number of phenols is 1. The Balaban J connectivity index is 1.71. The minimum absolute atomic E-state index is 0.0554. The Morgan fingerprint density at radius 1 is 1.21 bits per heavy atom. The molecule has 0 amide bonds. The summed E-state index contributed by atoms with van der Waals surface area (Å²) in [6.45, 7) is 1.16. The average Bonchev–Trinajstić information content (AvgIpc) is 3.18. The predicted octanol–water partition coefficient (Wildman–Crippen LogP) is 2.54. The van der Waals surface area contributed by atoms with Gasteiger partial charge in [0, 0.05) is 24.3 Å². The fraction of sp³-hybridized carbons (Fsp3) is 0.526. The molecule has 2 aliphatic carbocycles. The van der Waals surface area contributed by atoms with Gasteiger partial charge in [0.15, 0.2) is 5.79 Å². The Morgan fingerprint density at radius 2 is 2.04 bits per heavy atom. The van der Waals surface area contributed by atoms with Crippen LogP contribution in [0.3, 0.4) is 0 Å². The average molecular weight is 325 g/mol. The van der Waals surface area contributed by atoms with E-state index in [2.05, 4.69) is 6.07 Å². The Bertz CT molecular complexity index is 774. The molecule has 0 radical (unpaired) electrons. The van der Waals surface area contributed by atoms with Crippen LogP contribution in [-0.4, -0.2) is 30.2 Å². The molecule has 5 rings (SSSR count). The molecule has 5 nitrogen and oxygen atoms in total. The summed E-state index contributed by atoms with van der Waals surface area (Å²) in [5, 5.41) is 20.1. The van der Waals surface area contributed by atoms with Gasteiger partial charge in [-0.25, -0.2) is 0 Å². The van der Waals surface area contributed by atoms with Crippen LogP contribution in [0.4, 0.5) is 0 Å². The van der Waals surface area contributed by atoms with Crippen LogP contribution in [0.2, 0.25) is 0 Å². The molecule has 1 aromatic rings. The van der Waals surface area contributed by atoms with E-state index in [1.807, 2.05) is 6.07 Å². The van der Waals surface area contributed by atoms with Gasteiger partial charge in [-0.15, -0.1) is 0 Å². The Labute approximate surface area is 140 Å². The van der Waals surface area contributed by atoms with Crippen molar-refractivity contribution in [1.29, 1.82) is 5.26 Å². The number of hydrogen-bond donors (Lipinski definition) is 1. The fourth-order valence-corrected chi connectivity index (χ4v) is 5.14. The van der Waals surface area contributed by atoms with Gasteiger partial charge in [-0.05, 0) is 36.1 Å². The zero-order valence-corrected chi connectivity index (χ0v) is 13.3. The zero-order valence-electron chi connectivity index (χ0n) is 13.3. The number of hydrogen-bond acceptors (Lipinski definition) is 5. The van der Waals surface area contributed by atoms with Crippen molar-refractivity contribution in [2.75, 3.05) is 13.2 Å². The monoisotopic (exact) mass is 325 g/mol.